The van der Waals surface area contributed by atoms with Gasteiger partial charge in [0.1, 0.15) is 6.04 Å². The minimum atomic E-state index is -0.434. The number of carbonyl (C=O) groups is 2. The Hall–Kier alpha value is -2.27. The number of nitrogens with one attached hydrogen (secondary N) is 1. The summed E-state index contributed by atoms with van der Waals surface area (Å²) in [5.41, 5.74) is 2.37. The van der Waals surface area contributed by atoms with E-state index in [0.29, 0.717) is 25.3 Å². The molecule has 1 atom stereocenters. The highest BCUT2D eigenvalue weighted by atomic mass is 32.2. The predicted octanol–water partition coefficient (Wildman–Crippen LogP) is 4.85. The minimum Gasteiger partial charge on any atom is -0.354 e. The molecule has 0 saturated heterocycles. The molecule has 0 bridgehead atoms. The monoisotopic (exact) mass is 426 g/mol. The Bertz CT molecular complexity index is 777. The van der Waals surface area contributed by atoms with Gasteiger partial charge in [-0.3, -0.25) is 9.59 Å². The van der Waals surface area contributed by atoms with Crippen LogP contribution in [0.2, 0.25) is 0 Å². The first-order valence-electron chi connectivity index (χ1n) is 10.9. The van der Waals surface area contributed by atoms with E-state index >= 15 is 0 Å². The van der Waals surface area contributed by atoms with E-state index in [0.717, 1.165) is 24.2 Å². The van der Waals surface area contributed by atoms with Crippen LogP contribution in [0.15, 0.2) is 59.5 Å². The summed E-state index contributed by atoms with van der Waals surface area (Å²) < 4.78 is 0. The summed E-state index contributed by atoms with van der Waals surface area (Å²) in [6.07, 6.45) is 3.32. The molecular formula is C25H34N2O2S. The molecule has 0 fully saturated rings. The molecule has 30 heavy (non-hydrogen) atoms. The molecule has 2 amide bonds. The SMILES string of the molecule is CCCCNC(=O)[C@H](CC)N(CCc1ccccc1)C(=O)CSc1ccc(C)cc1. The van der Waals surface area contributed by atoms with E-state index < -0.39 is 6.04 Å². The van der Waals surface area contributed by atoms with Gasteiger partial charge in [0.2, 0.25) is 11.8 Å². The molecule has 0 unspecified atom stereocenters. The van der Waals surface area contributed by atoms with Crippen molar-refractivity contribution < 1.29 is 9.59 Å². The number of carbonyl (C=O) groups excluding carboxylic acids is 2. The summed E-state index contributed by atoms with van der Waals surface area (Å²) in [4.78, 5) is 28.8. The van der Waals surface area contributed by atoms with E-state index in [4.69, 9.17) is 0 Å². The van der Waals surface area contributed by atoms with Crippen LogP contribution in [0.1, 0.15) is 44.2 Å². The second-order valence-electron chi connectivity index (χ2n) is 7.49. The number of amides is 2. The van der Waals surface area contributed by atoms with E-state index in [-0.39, 0.29) is 11.8 Å². The van der Waals surface area contributed by atoms with Crippen LogP contribution in [0.4, 0.5) is 0 Å². The Morgan fingerprint density at radius 2 is 1.73 bits per heavy atom. The van der Waals surface area contributed by atoms with Gasteiger partial charge in [-0.15, -0.1) is 11.8 Å². The van der Waals surface area contributed by atoms with Crippen molar-refractivity contribution in [2.75, 3.05) is 18.8 Å². The summed E-state index contributed by atoms with van der Waals surface area (Å²) >= 11 is 1.53. The molecule has 0 aliphatic rings. The lowest BCUT2D eigenvalue weighted by Crippen LogP contribution is -2.50. The van der Waals surface area contributed by atoms with E-state index in [1.807, 2.05) is 44.2 Å². The molecule has 0 radical (unpaired) electrons. The third-order valence-electron chi connectivity index (χ3n) is 5.08. The molecule has 1 N–H and O–H groups in total. The Morgan fingerprint density at radius 1 is 1.03 bits per heavy atom. The van der Waals surface area contributed by atoms with Crippen LogP contribution in [0.5, 0.6) is 0 Å². The third-order valence-corrected chi connectivity index (χ3v) is 6.08. The van der Waals surface area contributed by atoms with Crippen molar-refractivity contribution in [3.05, 3.63) is 65.7 Å². The van der Waals surface area contributed by atoms with Crippen LogP contribution in [0, 0.1) is 6.92 Å². The summed E-state index contributed by atoms with van der Waals surface area (Å²) in [5, 5.41) is 3.01. The maximum absolute atomic E-state index is 13.2. The zero-order valence-electron chi connectivity index (χ0n) is 18.4. The van der Waals surface area contributed by atoms with Crippen molar-refractivity contribution in [2.24, 2.45) is 0 Å². The van der Waals surface area contributed by atoms with Crippen LogP contribution in [0.3, 0.4) is 0 Å². The summed E-state index contributed by atoms with van der Waals surface area (Å²) in [6.45, 7) is 7.32. The normalized spacial score (nSPS) is 11.7. The molecular weight excluding hydrogens is 392 g/mol. The molecule has 0 aliphatic carbocycles. The van der Waals surface area contributed by atoms with E-state index in [9.17, 15) is 9.59 Å². The van der Waals surface area contributed by atoms with Gasteiger partial charge < -0.3 is 10.2 Å². The van der Waals surface area contributed by atoms with Crippen molar-refractivity contribution in [2.45, 2.75) is 57.4 Å². The number of nitrogens with zero attached hydrogens (tertiary/aromatic N) is 1. The first-order chi connectivity index (χ1) is 14.5. The lowest BCUT2D eigenvalue weighted by molar-refractivity contribution is -0.138. The van der Waals surface area contributed by atoms with Crippen LogP contribution < -0.4 is 5.32 Å². The number of aryl methyl sites for hydroxylation is 1. The zero-order chi connectivity index (χ0) is 21.8. The number of benzene rings is 2. The molecule has 2 aromatic carbocycles. The van der Waals surface area contributed by atoms with Crippen LogP contribution in [0.25, 0.3) is 0 Å². The lowest BCUT2D eigenvalue weighted by atomic mass is 10.1. The molecule has 5 heteroatoms. The number of rotatable bonds is 12. The Kier molecular flexibility index (Phi) is 10.5. The highest BCUT2D eigenvalue weighted by molar-refractivity contribution is 8.00. The molecule has 0 saturated carbocycles. The van der Waals surface area contributed by atoms with Gasteiger partial charge in [-0.1, -0.05) is 68.3 Å². The largest absolute Gasteiger partial charge is 0.354 e. The Labute approximate surface area is 185 Å². The van der Waals surface area contributed by atoms with Gasteiger partial charge in [-0.25, -0.2) is 0 Å². The first-order valence-corrected chi connectivity index (χ1v) is 11.8. The maximum atomic E-state index is 13.2. The standard InChI is InChI=1S/C25H34N2O2S/c1-4-6-17-26-25(29)23(5-2)27(18-16-21-10-8-7-9-11-21)24(28)19-30-22-14-12-20(3)13-15-22/h7-15,23H,4-6,16-19H2,1-3H3,(H,26,29)/t23-/m0/s1. The number of hydrogen-bond acceptors (Lipinski definition) is 3. The fraction of sp³-hybridized carbons (Fsp3) is 0.440. The average molecular weight is 427 g/mol. The zero-order valence-corrected chi connectivity index (χ0v) is 19.2. The highest BCUT2D eigenvalue weighted by Gasteiger charge is 2.28. The van der Waals surface area contributed by atoms with E-state index in [1.54, 1.807) is 4.90 Å². The Morgan fingerprint density at radius 3 is 2.37 bits per heavy atom. The maximum Gasteiger partial charge on any atom is 0.242 e. The Balaban J connectivity index is 2.08. The van der Waals surface area contributed by atoms with Crippen LogP contribution in [-0.4, -0.2) is 41.6 Å². The van der Waals surface area contributed by atoms with Crippen molar-refractivity contribution in [1.29, 1.82) is 0 Å². The van der Waals surface area contributed by atoms with Crippen molar-refractivity contribution in [1.82, 2.24) is 10.2 Å². The first kappa shape index (κ1) is 24.0. The van der Waals surface area contributed by atoms with Gasteiger partial charge in [-0.05, 0) is 43.9 Å². The van der Waals surface area contributed by atoms with Crippen LogP contribution in [-0.2, 0) is 16.0 Å². The number of thioether (sulfide) groups is 1. The molecule has 2 rings (SSSR count). The molecule has 0 aromatic heterocycles. The van der Waals surface area contributed by atoms with Gasteiger partial charge >= 0.3 is 0 Å². The third kappa shape index (κ3) is 7.86. The second-order valence-corrected chi connectivity index (χ2v) is 8.54. The van der Waals surface area contributed by atoms with E-state index in [2.05, 4.69) is 36.5 Å². The van der Waals surface area contributed by atoms with Gasteiger partial charge in [0.15, 0.2) is 0 Å². The van der Waals surface area contributed by atoms with Gasteiger partial charge in [0.05, 0.1) is 5.75 Å². The van der Waals surface area contributed by atoms with Gasteiger partial charge in [0, 0.05) is 18.0 Å². The van der Waals surface area contributed by atoms with Crippen molar-refractivity contribution in [3.63, 3.8) is 0 Å². The fourth-order valence-corrected chi connectivity index (χ4v) is 4.05. The fourth-order valence-electron chi connectivity index (χ4n) is 3.26. The summed E-state index contributed by atoms with van der Waals surface area (Å²) in [6, 6.07) is 17.9. The second kappa shape index (κ2) is 13.1. The lowest BCUT2D eigenvalue weighted by Gasteiger charge is -2.30. The minimum absolute atomic E-state index is 0.00833. The van der Waals surface area contributed by atoms with Crippen molar-refractivity contribution in [3.8, 4) is 0 Å². The van der Waals surface area contributed by atoms with E-state index in [1.165, 1.54) is 22.9 Å². The molecule has 0 spiro atoms. The number of hydrogen-bond donors (Lipinski definition) is 1. The highest BCUT2D eigenvalue weighted by Crippen LogP contribution is 2.20. The quantitative estimate of drug-likeness (QED) is 0.390. The van der Waals surface area contributed by atoms with Crippen molar-refractivity contribution >= 4 is 23.6 Å². The molecule has 2 aromatic rings. The van der Waals surface area contributed by atoms with Gasteiger partial charge in [-0.2, -0.15) is 0 Å². The smallest absolute Gasteiger partial charge is 0.242 e. The molecule has 162 valence electrons. The number of unbranched alkanes of at least 4 members (excludes halogenated alkanes) is 1. The summed E-state index contributed by atoms with van der Waals surface area (Å²) in [5.74, 6) is 0.290. The van der Waals surface area contributed by atoms with Crippen LogP contribution >= 0.6 is 11.8 Å². The van der Waals surface area contributed by atoms with Gasteiger partial charge in [0.25, 0.3) is 0 Å². The molecule has 0 heterocycles. The topological polar surface area (TPSA) is 49.4 Å². The molecule has 4 nitrogen and oxygen atoms in total. The predicted molar refractivity (Wildman–Crippen MR) is 126 cm³/mol. The molecule has 0 aliphatic heterocycles. The summed E-state index contributed by atoms with van der Waals surface area (Å²) in [7, 11) is 0. The average Bonchev–Trinajstić information content (AvgIpc) is 2.76.